The molecule has 14 rings (SSSR count). The molecule has 4 fully saturated rings. The topological polar surface area (TPSA) is 156 Å². The SMILES string of the molecule is O=C(CCCC(=O)N1C[C@@H](CCl)c2c1cc(O)c1ccccc21)N1C[C@@H](CCl)c2c1cc(O)c1ccccc21.O=C1C=C2N(C(=O)CCCC(=O)N3C[C@H]4CC45C3=CC(=O)c3ccccc35)C[C@H]3CC23c2ccccc21. The Labute approximate surface area is 449 Å². The van der Waals surface area contributed by atoms with Gasteiger partial charge in [-0.2, -0.15) is 0 Å². The van der Waals surface area contributed by atoms with E-state index in [0.29, 0.717) is 74.0 Å². The lowest BCUT2D eigenvalue weighted by Gasteiger charge is -2.30. The van der Waals surface area contributed by atoms with Crippen LogP contribution in [0.2, 0.25) is 0 Å². The molecule has 6 aromatic rings. The van der Waals surface area contributed by atoms with Gasteiger partial charge in [0.2, 0.25) is 23.6 Å². The van der Waals surface area contributed by atoms with Crippen LogP contribution < -0.4 is 9.80 Å². The van der Waals surface area contributed by atoms with Gasteiger partial charge >= 0.3 is 0 Å². The summed E-state index contributed by atoms with van der Waals surface area (Å²) in [5.41, 5.74) is 8.31. The van der Waals surface area contributed by atoms with Gasteiger partial charge in [-0.25, -0.2) is 0 Å². The molecule has 14 heteroatoms. The molecule has 6 atom stereocenters. The standard InChI is InChI=1S/C31H28Cl2N2O4.C31H26N2O4/c32-14-18-16-34(24-12-26(36)20-6-1-3-8-22(20)30(18)24)28(38)10-5-11-29(39)35-17-19(15-33)31-23-9-4-2-7-21(23)27(37)13-25(31)35;34-24-12-26-30(22-8-3-1-6-20(22)24)14-18(30)16-32(26)28(36)10-5-11-29(37)33-17-19-15-31(19)23-9-4-2-7-21(23)25(35)13-27(31)33/h1-4,6-9,12-13,18-19,36-37H,5,10-11,14-17H2;1-4,6-9,12-13,18-19H,5,10-11,14-17H2/t18-,19-;18-,19-,30?,31?/m11/s1. The molecule has 2 saturated heterocycles. The van der Waals surface area contributed by atoms with E-state index in [1.54, 1.807) is 43.9 Å². The van der Waals surface area contributed by atoms with Gasteiger partial charge in [-0.05, 0) is 70.5 Å². The Morgan fingerprint density at radius 3 is 1.24 bits per heavy atom. The second-order valence-electron chi connectivity index (χ2n) is 21.8. The Hall–Kier alpha value is -7.28. The second-order valence-corrected chi connectivity index (χ2v) is 22.4. The monoisotopic (exact) mass is 1050 g/mol. The minimum Gasteiger partial charge on any atom is -0.507 e. The zero-order chi connectivity index (χ0) is 52.4. The van der Waals surface area contributed by atoms with Gasteiger partial charge in [0.1, 0.15) is 11.5 Å². The van der Waals surface area contributed by atoms with Crippen LogP contribution in [0.4, 0.5) is 11.4 Å². The van der Waals surface area contributed by atoms with E-state index in [2.05, 4.69) is 0 Å². The Morgan fingerprint density at radius 2 is 0.842 bits per heavy atom. The molecule has 0 aromatic heterocycles. The van der Waals surface area contributed by atoms with Crippen molar-refractivity contribution in [2.24, 2.45) is 11.8 Å². The zero-order valence-corrected chi connectivity index (χ0v) is 43.2. The lowest BCUT2D eigenvalue weighted by atomic mass is 9.81. The first-order chi connectivity index (χ1) is 36.9. The summed E-state index contributed by atoms with van der Waals surface area (Å²) >= 11 is 12.6. The van der Waals surface area contributed by atoms with Crippen molar-refractivity contribution in [1.82, 2.24) is 9.80 Å². The van der Waals surface area contributed by atoms with Gasteiger partial charge in [-0.3, -0.25) is 28.8 Å². The summed E-state index contributed by atoms with van der Waals surface area (Å²) in [5.74, 6) is 1.35. The maximum atomic E-state index is 13.3. The third kappa shape index (κ3) is 7.30. The molecule has 0 bridgehead atoms. The van der Waals surface area contributed by atoms with Crippen LogP contribution >= 0.6 is 23.2 Å². The van der Waals surface area contributed by atoms with Crippen molar-refractivity contribution < 1.29 is 39.0 Å². The molecule has 2 spiro atoms. The molecule has 76 heavy (non-hydrogen) atoms. The van der Waals surface area contributed by atoms with E-state index < -0.39 is 0 Å². The molecule has 4 aliphatic carbocycles. The van der Waals surface area contributed by atoms with Crippen molar-refractivity contribution in [3.63, 3.8) is 0 Å². The van der Waals surface area contributed by atoms with E-state index in [-0.39, 0.29) is 95.0 Å². The Bertz CT molecular complexity index is 3400. The normalized spacial score (nSPS) is 24.6. The van der Waals surface area contributed by atoms with Crippen molar-refractivity contribution in [2.45, 2.75) is 74.0 Å². The summed E-state index contributed by atoms with van der Waals surface area (Å²) < 4.78 is 0. The van der Waals surface area contributed by atoms with E-state index in [4.69, 9.17) is 23.2 Å². The number of likely N-dealkylation sites (tertiary alicyclic amines) is 2. The van der Waals surface area contributed by atoms with Crippen LogP contribution in [0.5, 0.6) is 11.5 Å². The van der Waals surface area contributed by atoms with Crippen molar-refractivity contribution in [2.75, 3.05) is 47.7 Å². The van der Waals surface area contributed by atoms with Crippen LogP contribution in [-0.4, -0.2) is 93.1 Å². The quantitative estimate of drug-likeness (QED) is 0.129. The summed E-state index contributed by atoms with van der Waals surface area (Å²) in [6.45, 7) is 2.18. The van der Waals surface area contributed by atoms with Gasteiger partial charge in [0, 0.05) is 144 Å². The highest BCUT2D eigenvalue weighted by Crippen LogP contribution is 2.68. The number of fused-ring (bicyclic) bond motifs is 8. The molecule has 4 amide bonds. The van der Waals surface area contributed by atoms with Gasteiger partial charge in [0.05, 0.1) is 11.4 Å². The van der Waals surface area contributed by atoms with Crippen molar-refractivity contribution in [3.05, 3.63) is 166 Å². The van der Waals surface area contributed by atoms with Gasteiger partial charge < -0.3 is 29.8 Å². The van der Waals surface area contributed by atoms with E-state index >= 15 is 0 Å². The van der Waals surface area contributed by atoms with Crippen molar-refractivity contribution in [3.8, 4) is 11.5 Å². The largest absolute Gasteiger partial charge is 0.507 e. The lowest BCUT2D eigenvalue weighted by Crippen LogP contribution is -2.35. The van der Waals surface area contributed by atoms with Gasteiger partial charge in [0.15, 0.2) is 11.6 Å². The number of aromatic hydroxyl groups is 2. The van der Waals surface area contributed by atoms with E-state index in [1.165, 1.54) is 0 Å². The first-order valence-corrected chi connectivity index (χ1v) is 27.5. The highest BCUT2D eigenvalue weighted by atomic mass is 35.5. The summed E-state index contributed by atoms with van der Waals surface area (Å²) in [6, 6.07) is 34.0. The number of rotatable bonds is 10. The van der Waals surface area contributed by atoms with Crippen LogP contribution in [0.25, 0.3) is 21.5 Å². The number of amides is 4. The molecule has 6 aromatic carbocycles. The van der Waals surface area contributed by atoms with E-state index in [0.717, 1.165) is 79.2 Å². The molecule has 8 aliphatic rings. The number of halogens is 2. The first kappa shape index (κ1) is 48.4. The highest BCUT2D eigenvalue weighted by molar-refractivity contribution is 6.20. The molecular weight excluding hydrogens is 1000 g/mol. The van der Waals surface area contributed by atoms with Crippen LogP contribution in [0.1, 0.15) is 106 Å². The van der Waals surface area contributed by atoms with Gasteiger partial charge in [0.25, 0.3) is 0 Å². The number of piperidine rings is 2. The average Bonchev–Trinajstić information content (AvgIpc) is 4.25. The molecular formula is C62H54Cl2N4O8. The number of carbonyl (C=O) groups excluding carboxylic acids is 6. The molecule has 2 N–H and O–H groups in total. The summed E-state index contributed by atoms with van der Waals surface area (Å²) in [4.78, 5) is 85.7. The number of carbonyl (C=O) groups is 6. The number of hydrogen-bond donors (Lipinski definition) is 2. The lowest BCUT2D eigenvalue weighted by molar-refractivity contribution is -0.130. The van der Waals surface area contributed by atoms with Gasteiger partial charge in [-0.1, -0.05) is 97.1 Å². The highest BCUT2D eigenvalue weighted by Gasteiger charge is 2.68. The Morgan fingerprint density at radius 1 is 0.487 bits per heavy atom. The number of anilines is 2. The van der Waals surface area contributed by atoms with Crippen LogP contribution in [-0.2, 0) is 30.0 Å². The second kappa shape index (κ2) is 18.2. The number of ketones is 2. The van der Waals surface area contributed by atoms with E-state index in [9.17, 15) is 39.0 Å². The van der Waals surface area contributed by atoms with E-state index in [1.807, 2.05) is 97.1 Å². The van der Waals surface area contributed by atoms with Crippen molar-refractivity contribution in [1.29, 1.82) is 0 Å². The van der Waals surface area contributed by atoms with Crippen LogP contribution in [0, 0.1) is 11.8 Å². The maximum absolute atomic E-state index is 13.3. The average molecular weight is 1050 g/mol. The number of benzene rings is 6. The molecule has 2 saturated carbocycles. The molecule has 4 heterocycles. The Balaban J connectivity index is 0.000000146. The molecule has 12 nitrogen and oxygen atoms in total. The third-order valence-electron chi connectivity index (χ3n) is 17.8. The predicted molar refractivity (Wildman–Crippen MR) is 291 cm³/mol. The smallest absolute Gasteiger partial charge is 0.227 e. The number of nitrogens with zero attached hydrogens (tertiary/aromatic N) is 4. The number of phenolic OH excluding ortho intramolecular Hbond substituents is 2. The first-order valence-electron chi connectivity index (χ1n) is 26.4. The molecule has 0 radical (unpaired) electrons. The zero-order valence-electron chi connectivity index (χ0n) is 41.6. The van der Waals surface area contributed by atoms with Gasteiger partial charge in [-0.15, -0.1) is 23.2 Å². The maximum Gasteiger partial charge on any atom is 0.227 e. The number of alkyl halides is 2. The fraction of sp³-hybridized carbons (Fsp3) is 0.323. The number of allylic oxidation sites excluding steroid dienone is 4. The van der Waals surface area contributed by atoms with Crippen LogP contribution in [0.15, 0.2) is 133 Å². The summed E-state index contributed by atoms with van der Waals surface area (Å²) in [6.07, 6.45) is 7.06. The summed E-state index contributed by atoms with van der Waals surface area (Å²) in [5, 5.41) is 24.5. The molecule has 384 valence electrons. The number of phenols is 2. The third-order valence-corrected chi connectivity index (χ3v) is 18.6. The predicted octanol–water partition coefficient (Wildman–Crippen LogP) is 10.5. The van der Waals surface area contributed by atoms with Crippen LogP contribution in [0.3, 0.4) is 0 Å². The molecule has 4 aliphatic heterocycles. The minimum absolute atomic E-state index is 0.0143. The van der Waals surface area contributed by atoms with Crippen molar-refractivity contribution >= 4 is 91.3 Å². The Kier molecular flexibility index (Phi) is 11.6. The summed E-state index contributed by atoms with van der Waals surface area (Å²) in [7, 11) is 0. The minimum atomic E-state index is -0.183. The fourth-order valence-corrected chi connectivity index (χ4v) is 14.6. The fourth-order valence-electron chi connectivity index (χ4n) is 14.1. The molecule has 2 unspecified atom stereocenters. The number of hydrogen-bond acceptors (Lipinski definition) is 8.